The van der Waals surface area contributed by atoms with E-state index in [9.17, 15) is 13.2 Å². The molecule has 1 aromatic rings. The first-order valence-corrected chi connectivity index (χ1v) is 6.01. The van der Waals surface area contributed by atoms with Crippen LogP contribution in [-0.4, -0.2) is 6.10 Å². The van der Waals surface area contributed by atoms with E-state index in [0.29, 0.717) is 0 Å². The maximum atomic E-state index is 12.7. The molecular weight excluding hydrogens is 243 g/mol. The minimum Gasteiger partial charge on any atom is -0.490 e. The molecule has 0 radical (unpaired) electrons. The summed E-state index contributed by atoms with van der Waals surface area (Å²) in [4.78, 5) is 0. The number of ether oxygens (including phenoxy) is 1. The van der Waals surface area contributed by atoms with Gasteiger partial charge in [0.25, 0.3) is 0 Å². The van der Waals surface area contributed by atoms with Gasteiger partial charge in [0.1, 0.15) is 5.75 Å². The molecule has 2 N–H and O–H groups in total. The molecule has 0 saturated carbocycles. The molecule has 2 nitrogen and oxygen atoms in total. The molecule has 1 unspecified atom stereocenters. The largest absolute Gasteiger partial charge is 0.490 e. The number of halogens is 3. The van der Waals surface area contributed by atoms with E-state index in [1.54, 1.807) is 0 Å². The SMILES string of the molecule is CCCC(CC)Oc1ccc(N)c(C(F)(F)F)c1. The van der Waals surface area contributed by atoms with Crippen LogP contribution in [0.15, 0.2) is 18.2 Å². The highest BCUT2D eigenvalue weighted by molar-refractivity contribution is 5.52. The number of benzene rings is 1. The van der Waals surface area contributed by atoms with E-state index < -0.39 is 11.7 Å². The minimum atomic E-state index is -4.45. The van der Waals surface area contributed by atoms with Crippen molar-refractivity contribution in [1.29, 1.82) is 0 Å². The van der Waals surface area contributed by atoms with Gasteiger partial charge in [-0.15, -0.1) is 0 Å². The normalized spacial score (nSPS) is 13.4. The van der Waals surface area contributed by atoms with Crippen LogP contribution in [0.25, 0.3) is 0 Å². The summed E-state index contributed by atoms with van der Waals surface area (Å²) < 4.78 is 43.5. The molecule has 102 valence electrons. The molecule has 5 heteroatoms. The maximum Gasteiger partial charge on any atom is 0.418 e. The zero-order valence-corrected chi connectivity index (χ0v) is 10.6. The summed E-state index contributed by atoms with van der Waals surface area (Å²) in [5, 5.41) is 0. The van der Waals surface area contributed by atoms with Gasteiger partial charge in [-0.05, 0) is 31.0 Å². The van der Waals surface area contributed by atoms with Crippen molar-refractivity contribution in [3.05, 3.63) is 23.8 Å². The first-order chi connectivity index (χ1) is 8.38. The molecule has 0 fully saturated rings. The summed E-state index contributed by atoms with van der Waals surface area (Å²) in [6.45, 7) is 3.96. The molecule has 0 heterocycles. The Morgan fingerprint density at radius 3 is 2.44 bits per heavy atom. The van der Waals surface area contributed by atoms with E-state index in [-0.39, 0.29) is 17.5 Å². The van der Waals surface area contributed by atoms with Crippen molar-refractivity contribution in [2.45, 2.75) is 45.4 Å². The predicted octanol–water partition coefficient (Wildman–Crippen LogP) is 4.25. The molecule has 1 aromatic carbocycles. The quantitative estimate of drug-likeness (QED) is 0.804. The third-order valence-electron chi connectivity index (χ3n) is 2.70. The summed E-state index contributed by atoms with van der Waals surface area (Å²) in [5.74, 6) is 0.219. The monoisotopic (exact) mass is 261 g/mol. The molecule has 1 atom stereocenters. The summed E-state index contributed by atoms with van der Waals surface area (Å²) in [6.07, 6.45) is -1.99. The van der Waals surface area contributed by atoms with Gasteiger partial charge in [-0.1, -0.05) is 20.3 Å². The predicted molar refractivity (Wildman–Crippen MR) is 65.5 cm³/mol. The number of nitrogen functional groups attached to an aromatic ring is 1. The van der Waals surface area contributed by atoms with Gasteiger partial charge in [0.2, 0.25) is 0 Å². The molecular formula is C13H18F3NO. The minimum absolute atomic E-state index is 0.0558. The Bertz CT molecular complexity index is 390. The van der Waals surface area contributed by atoms with E-state index in [1.165, 1.54) is 12.1 Å². The number of hydrogen-bond acceptors (Lipinski definition) is 2. The Morgan fingerprint density at radius 2 is 1.94 bits per heavy atom. The molecule has 0 spiro atoms. The number of anilines is 1. The maximum absolute atomic E-state index is 12.7. The van der Waals surface area contributed by atoms with Crippen LogP contribution in [0.4, 0.5) is 18.9 Å². The second-order valence-electron chi connectivity index (χ2n) is 4.18. The lowest BCUT2D eigenvalue weighted by molar-refractivity contribution is -0.137. The van der Waals surface area contributed by atoms with Crippen molar-refractivity contribution in [2.75, 3.05) is 5.73 Å². The molecule has 0 aromatic heterocycles. The Hall–Kier alpha value is -1.39. The summed E-state index contributed by atoms with van der Waals surface area (Å²) in [7, 11) is 0. The Labute approximate surface area is 105 Å². The van der Waals surface area contributed by atoms with Gasteiger partial charge in [0.05, 0.1) is 11.7 Å². The molecule has 0 aliphatic rings. The molecule has 1 rings (SSSR count). The summed E-state index contributed by atoms with van der Waals surface area (Å²) in [6, 6.07) is 3.67. The van der Waals surface area contributed by atoms with Gasteiger partial charge in [0, 0.05) is 5.69 Å². The summed E-state index contributed by atoms with van der Waals surface area (Å²) >= 11 is 0. The van der Waals surface area contributed by atoms with Crippen LogP contribution in [-0.2, 0) is 6.18 Å². The van der Waals surface area contributed by atoms with Crippen molar-refractivity contribution in [3.63, 3.8) is 0 Å². The molecule has 18 heavy (non-hydrogen) atoms. The third-order valence-corrected chi connectivity index (χ3v) is 2.70. The molecule has 0 aliphatic carbocycles. The standard InChI is InChI=1S/C13H18F3NO/c1-3-5-9(4-2)18-10-6-7-12(17)11(8-10)13(14,15)16/h6-9H,3-5,17H2,1-2H3. The van der Waals surface area contributed by atoms with E-state index in [0.717, 1.165) is 25.3 Å². The Morgan fingerprint density at radius 1 is 1.28 bits per heavy atom. The fraction of sp³-hybridized carbons (Fsp3) is 0.538. The smallest absolute Gasteiger partial charge is 0.418 e. The zero-order valence-electron chi connectivity index (χ0n) is 10.6. The topological polar surface area (TPSA) is 35.2 Å². The lowest BCUT2D eigenvalue weighted by atomic mass is 10.1. The average Bonchev–Trinajstić information content (AvgIpc) is 2.29. The van der Waals surface area contributed by atoms with Crippen molar-refractivity contribution < 1.29 is 17.9 Å². The van der Waals surface area contributed by atoms with Gasteiger partial charge in [0.15, 0.2) is 0 Å². The van der Waals surface area contributed by atoms with Crippen molar-refractivity contribution in [2.24, 2.45) is 0 Å². The summed E-state index contributed by atoms with van der Waals surface area (Å²) in [5.41, 5.74) is 4.20. The van der Waals surface area contributed by atoms with Crippen molar-refractivity contribution >= 4 is 5.69 Å². The molecule has 0 aliphatic heterocycles. The second kappa shape index (κ2) is 5.98. The lowest BCUT2D eigenvalue weighted by Crippen LogP contribution is -2.16. The molecule has 0 bridgehead atoms. The van der Waals surface area contributed by atoms with E-state index in [2.05, 4.69) is 0 Å². The zero-order chi connectivity index (χ0) is 13.8. The lowest BCUT2D eigenvalue weighted by Gasteiger charge is -2.18. The average molecular weight is 261 g/mol. The molecule has 0 amide bonds. The number of alkyl halides is 3. The van der Waals surface area contributed by atoms with Crippen LogP contribution in [0.5, 0.6) is 5.75 Å². The first-order valence-electron chi connectivity index (χ1n) is 6.01. The van der Waals surface area contributed by atoms with E-state index in [4.69, 9.17) is 10.5 Å². The van der Waals surface area contributed by atoms with Gasteiger partial charge in [-0.3, -0.25) is 0 Å². The number of nitrogens with two attached hydrogens (primary N) is 1. The fourth-order valence-electron chi connectivity index (χ4n) is 1.72. The van der Waals surface area contributed by atoms with Gasteiger partial charge < -0.3 is 10.5 Å². The van der Waals surface area contributed by atoms with Crippen LogP contribution in [0.3, 0.4) is 0 Å². The van der Waals surface area contributed by atoms with Crippen molar-refractivity contribution in [1.82, 2.24) is 0 Å². The Kier molecular flexibility index (Phi) is 4.87. The highest BCUT2D eigenvalue weighted by atomic mass is 19.4. The third kappa shape index (κ3) is 3.82. The fourth-order valence-corrected chi connectivity index (χ4v) is 1.72. The molecule has 0 saturated heterocycles. The number of rotatable bonds is 5. The first kappa shape index (κ1) is 14.7. The van der Waals surface area contributed by atoms with Crippen LogP contribution < -0.4 is 10.5 Å². The highest BCUT2D eigenvalue weighted by Crippen LogP contribution is 2.36. The van der Waals surface area contributed by atoms with Crippen LogP contribution >= 0.6 is 0 Å². The Balaban J connectivity index is 2.91. The van der Waals surface area contributed by atoms with Crippen molar-refractivity contribution in [3.8, 4) is 5.75 Å². The van der Waals surface area contributed by atoms with Crippen LogP contribution in [0, 0.1) is 0 Å². The second-order valence-corrected chi connectivity index (χ2v) is 4.18. The van der Waals surface area contributed by atoms with Crippen LogP contribution in [0.2, 0.25) is 0 Å². The highest BCUT2D eigenvalue weighted by Gasteiger charge is 2.33. The number of hydrogen-bond donors (Lipinski definition) is 1. The van der Waals surface area contributed by atoms with Gasteiger partial charge in [-0.25, -0.2) is 0 Å². The van der Waals surface area contributed by atoms with Gasteiger partial charge in [-0.2, -0.15) is 13.2 Å². The van der Waals surface area contributed by atoms with E-state index in [1.807, 2.05) is 13.8 Å². The van der Waals surface area contributed by atoms with Gasteiger partial charge >= 0.3 is 6.18 Å². The van der Waals surface area contributed by atoms with Crippen LogP contribution in [0.1, 0.15) is 38.7 Å². The van der Waals surface area contributed by atoms with E-state index >= 15 is 0 Å².